The van der Waals surface area contributed by atoms with Gasteiger partial charge in [0, 0.05) is 28.9 Å². The summed E-state index contributed by atoms with van der Waals surface area (Å²) in [6, 6.07) is 11.6. The fourth-order valence-electron chi connectivity index (χ4n) is 2.31. The van der Waals surface area contributed by atoms with E-state index in [1.807, 2.05) is 0 Å². The second-order valence-electron chi connectivity index (χ2n) is 5.60. The number of benzene rings is 2. The highest BCUT2D eigenvalue weighted by atomic mass is 16.6. The van der Waals surface area contributed by atoms with Crippen LogP contribution < -0.4 is 10.6 Å². The molecule has 0 radical (unpaired) electrons. The number of nitro groups is 1. The zero-order chi connectivity index (χ0) is 20.8. The molecule has 0 aliphatic heterocycles. The fraction of sp³-hybridized carbons (Fsp3) is 0.111. The van der Waals surface area contributed by atoms with E-state index < -0.39 is 16.9 Å². The van der Waals surface area contributed by atoms with Gasteiger partial charge in [0.15, 0.2) is 0 Å². The Kier molecular flexibility index (Phi) is 5.78. The van der Waals surface area contributed by atoms with Crippen LogP contribution in [0.5, 0.6) is 0 Å². The van der Waals surface area contributed by atoms with Crippen LogP contribution in [0.15, 0.2) is 52.9 Å². The van der Waals surface area contributed by atoms with Crippen LogP contribution in [-0.4, -0.2) is 33.7 Å². The SMILES string of the molecule is CCOC(=O)Nc1cccc(C(=O)Nc2nnc(-c3ccc([N+](=O)[O-])cc3)o2)c1. The van der Waals surface area contributed by atoms with Crippen molar-refractivity contribution in [2.75, 3.05) is 17.2 Å². The molecular formula is C18H15N5O6. The first-order chi connectivity index (χ1) is 14.0. The second-order valence-corrected chi connectivity index (χ2v) is 5.60. The van der Waals surface area contributed by atoms with Gasteiger partial charge in [-0.2, -0.15) is 0 Å². The highest BCUT2D eigenvalue weighted by Gasteiger charge is 2.14. The van der Waals surface area contributed by atoms with Gasteiger partial charge in [-0.15, -0.1) is 5.10 Å². The molecule has 0 atom stereocenters. The molecule has 0 saturated heterocycles. The molecule has 0 bridgehead atoms. The van der Waals surface area contributed by atoms with E-state index in [2.05, 4.69) is 20.8 Å². The summed E-state index contributed by atoms with van der Waals surface area (Å²) in [5, 5.41) is 23.2. The average Bonchev–Trinajstić information content (AvgIpc) is 3.17. The van der Waals surface area contributed by atoms with Gasteiger partial charge in [0.25, 0.3) is 11.6 Å². The predicted octanol–water partition coefficient (Wildman–Crippen LogP) is 3.47. The highest BCUT2D eigenvalue weighted by molar-refractivity contribution is 6.04. The van der Waals surface area contributed by atoms with Gasteiger partial charge in [0.05, 0.1) is 11.5 Å². The summed E-state index contributed by atoms with van der Waals surface area (Å²) in [6.45, 7) is 1.90. The van der Waals surface area contributed by atoms with Crippen LogP contribution in [-0.2, 0) is 4.74 Å². The van der Waals surface area contributed by atoms with Gasteiger partial charge in [-0.05, 0) is 37.3 Å². The largest absolute Gasteiger partial charge is 0.450 e. The Morgan fingerprint density at radius 1 is 1.14 bits per heavy atom. The van der Waals surface area contributed by atoms with Crippen molar-refractivity contribution in [2.24, 2.45) is 0 Å². The molecule has 0 aliphatic carbocycles. The molecule has 0 saturated carbocycles. The molecule has 3 rings (SSSR count). The molecule has 1 aromatic heterocycles. The Bertz CT molecular complexity index is 1050. The Balaban J connectivity index is 1.68. The van der Waals surface area contributed by atoms with Crippen LogP contribution in [0.1, 0.15) is 17.3 Å². The van der Waals surface area contributed by atoms with E-state index in [1.54, 1.807) is 25.1 Å². The lowest BCUT2D eigenvalue weighted by atomic mass is 10.2. The molecule has 29 heavy (non-hydrogen) atoms. The third kappa shape index (κ3) is 4.91. The van der Waals surface area contributed by atoms with E-state index in [0.29, 0.717) is 11.3 Å². The van der Waals surface area contributed by atoms with Crippen molar-refractivity contribution in [3.63, 3.8) is 0 Å². The smallest absolute Gasteiger partial charge is 0.411 e. The summed E-state index contributed by atoms with van der Waals surface area (Å²) >= 11 is 0. The predicted molar refractivity (Wildman–Crippen MR) is 101 cm³/mol. The number of nitro benzene ring substituents is 1. The van der Waals surface area contributed by atoms with Crippen molar-refractivity contribution in [2.45, 2.75) is 6.92 Å². The van der Waals surface area contributed by atoms with E-state index >= 15 is 0 Å². The molecule has 1 heterocycles. The number of amides is 2. The van der Waals surface area contributed by atoms with Crippen LogP contribution in [0.25, 0.3) is 11.5 Å². The molecule has 0 spiro atoms. The molecule has 148 valence electrons. The highest BCUT2D eigenvalue weighted by Crippen LogP contribution is 2.23. The van der Waals surface area contributed by atoms with Crippen LogP contribution in [0.2, 0.25) is 0 Å². The molecule has 0 fully saturated rings. The third-order valence-electron chi connectivity index (χ3n) is 3.62. The fourth-order valence-corrected chi connectivity index (χ4v) is 2.31. The zero-order valence-corrected chi connectivity index (χ0v) is 15.1. The minimum Gasteiger partial charge on any atom is -0.450 e. The Hall–Kier alpha value is -4.28. The van der Waals surface area contributed by atoms with Gasteiger partial charge in [0.1, 0.15) is 0 Å². The van der Waals surface area contributed by atoms with Gasteiger partial charge >= 0.3 is 12.1 Å². The monoisotopic (exact) mass is 397 g/mol. The number of carbonyl (C=O) groups excluding carboxylic acids is 2. The second kappa shape index (κ2) is 8.61. The van der Waals surface area contributed by atoms with E-state index in [0.717, 1.165) is 0 Å². The van der Waals surface area contributed by atoms with Crippen molar-refractivity contribution < 1.29 is 23.7 Å². The maximum absolute atomic E-state index is 12.4. The Labute approximate surface area is 163 Å². The first-order valence-electron chi connectivity index (χ1n) is 8.40. The number of ether oxygens (including phenoxy) is 1. The maximum atomic E-state index is 12.4. The van der Waals surface area contributed by atoms with Crippen molar-refractivity contribution >= 4 is 29.4 Å². The number of nitrogens with zero attached hydrogens (tertiary/aromatic N) is 3. The van der Waals surface area contributed by atoms with Crippen molar-refractivity contribution in [3.8, 4) is 11.5 Å². The first kappa shape index (κ1) is 19.5. The molecule has 2 N–H and O–H groups in total. The van der Waals surface area contributed by atoms with Crippen LogP contribution in [0.4, 0.5) is 22.2 Å². The normalized spacial score (nSPS) is 10.2. The van der Waals surface area contributed by atoms with Crippen molar-refractivity contribution in [1.29, 1.82) is 0 Å². The Morgan fingerprint density at radius 3 is 2.59 bits per heavy atom. The van der Waals surface area contributed by atoms with Crippen molar-refractivity contribution in [3.05, 3.63) is 64.2 Å². The van der Waals surface area contributed by atoms with Crippen molar-refractivity contribution in [1.82, 2.24) is 10.2 Å². The van der Waals surface area contributed by atoms with E-state index in [1.165, 1.54) is 30.3 Å². The molecule has 0 unspecified atom stereocenters. The summed E-state index contributed by atoms with van der Waals surface area (Å²) < 4.78 is 10.2. The van der Waals surface area contributed by atoms with Crippen LogP contribution in [0, 0.1) is 10.1 Å². The molecule has 0 aliphatic rings. The molecule has 2 amide bonds. The van der Waals surface area contributed by atoms with E-state index in [-0.39, 0.29) is 29.8 Å². The number of hydrogen-bond acceptors (Lipinski definition) is 8. The summed E-state index contributed by atoms with van der Waals surface area (Å²) in [4.78, 5) is 34.0. The van der Waals surface area contributed by atoms with Gasteiger partial charge in [-0.1, -0.05) is 11.2 Å². The lowest BCUT2D eigenvalue weighted by Gasteiger charge is -2.06. The molecular weight excluding hydrogens is 382 g/mol. The molecule has 11 nitrogen and oxygen atoms in total. The number of hydrogen-bond donors (Lipinski definition) is 2. The minimum atomic E-state index is -0.630. The molecule has 11 heteroatoms. The number of nitrogens with one attached hydrogen (secondary N) is 2. The quantitative estimate of drug-likeness (QED) is 0.474. The number of rotatable bonds is 6. The van der Waals surface area contributed by atoms with Crippen LogP contribution >= 0.6 is 0 Å². The summed E-state index contributed by atoms with van der Waals surface area (Å²) in [6.07, 6.45) is -0.630. The molecule has 2 aromatic carbocycles. The van der Waals surface area contributed by atoms with E-state index in [9.17, 15) is 19.7 Å². The third-order valence-corrected chi connectivity index (χ3v) is 3.62. The lowest BCUT2D eigenvalue weighted by molar-refractivity contribution is -0.384. The lowest BCUT2D eigenvalue weighted by Crippen LogP contribution is -2.15. The summed E-state index contributed by atoms with van der Waals surface area (Å²) in [5.41, 5.74) is 1.02. The first-order valence-corrected chi connectivity index (χ1v) is 8.40. The van der Waals surface area contributed by atoms with Crippen LogP contribution in [0.3, 0.4) is 0 Å². The maximum Gasteiger partial charge on any atom is 0.411 e. The minimum absolute atomic E-state index is 0.0712. The Morgan fingerprint density at radius 2 is 1.90 bits per heavy atom. The summed E-state index contributed by atoms with van der Waals surface area (Å²) in [7, 11) is 0. The summed E-state index contributed by atoms with van der Waals surface area (Å²) in [5.74, 6) is -0.440. The molecule has 3 aromatic rings. The number of anilines is 2. The van der Waals surface area contributed by atoms with Gasteiger partial charge in [0.2, 0.25) is 5.89 Å². The topological polar surface area (TPSA) is 149 Å². The number of carbonyl (C=O) groups is 2. The average molecular weight is 397 g/mol. The van der Waals surface area contributed by atoms with Gasteiger partial charge < -0.3 is 9.15 Å². The number of non-ortho nitro benzene ring substituents is 1. The van der Waals surface area contributed by atoms with Gasteiger partial charge in [-0.3, -0.25) is 25.5 Å². The zero-order valence-electron chi connectivity index (χ0n) is 15.1. The number of aromatic nitrogens is 2. The van der Waals surface area contributed by atoms with Gasteiger partial charge in [-0.25, -0.2) is 4.79 Å². The standard InChI is InChI=1S/C18H15N5O6/c1-2-28-18(25)19-13-5-3-4-12(10-13)15(24)20-17-22-21-16(29-17)11-6-8-14(9-7-11)23(26)27/h3-10H,2H2,1H3,(H,19,25)(H,20,22,24). The van der Waals surface area contributed by atoms with E-state index in [4.69, 9.17) is 9.15 Å².